The lowest BCUT2D eigenvalue weighted by Crippen LogP contribution is -2.58. The van der Waals surface area contributed by atoms with Gasteiger partial charge in [-0.2, -0.15) is 0 Å². The maximum atomic E-state index is 15.2. The quantitative estimate of drug-likeness (QED) is 0.189. The molecule has 13 heteroatoms. The Hall–Kier alpha value is -2.70. The van der Waals surface area contributed by atoms with E-state index in [9.17, 15) is 18.0 Å². The summed E-state index contributed by atoms with van der Waals surface area (Å²) in [6.45, 7) is 6.83. The first-order valence-corrected chi connectivity index (χ1v) is 18.2. The second-order valence-electron chi connectivity index (χ2n) is 12.5. The average Bonchev–Trinajstić information content (AvgIpc) is 3.76. The van der Waals surface area contributed by atoms with Gasteiger partial charge in [0.1, 0.15) is 23.6 Å². The molecular formula is C33H37Cl2FN2O6S2. The minimum absolute atomic E-state index is 0.0824. The standard InChI is InChI=1S/C33H37Cl2FN2O6S2/c1-5-22(19-37(46(41,42)23-13-14-23)25-12-7-6-11-24(25)36)38-30(27-15-16-28(35)45-27)31(20-9-8-10-21(34)17-20)43-26(32(38)40)18-29(39)44-33(2,3)4/h6-12,15-17,22-23,26,30-31H,5,13-14,18-19H2,1-4H3/t22-,26-,30+,31+/m0/s1. The number of rotatable bonds is 11. The number of nitrogens with zero attached hydrogens (tertiary/aromatic N) is 2. The van der Waals surface area contributed by atoms with Gasteiger partial charge in [0.2, 0.25) is 10.0 Å². The summed E-state index contributed by atoms with van der Waals surface area (Å²) in [6, 6.07) is 14.8. The van der Waals surface area contributed by atoms with Crippen LogP contribution in [0.5, 0.6) is 0 Å². The molecule has 1 saturated carbocycles. The topological polar surface area (TPSA) is 93.2 Å². The lowest BCUT2D eigenvalue weighted by atomic mass is 9.93. The van der Waals surface area contributed by atoms with E-state index >= 15 is 4.39 Å². The fourth-order valence-corrected chi connectivity index (χ4v) is 8.98. The highest BCUT2D eigenvalue weighted by molar-refractivity contribution is 7.93. The van der Waals surface area contributed by atoms with E-state index in [0.29, 0.717) is 39.1 Å². The van der Waals surface area contributed by atoms with Gasteiger partial charge in [0, 0.05) is 9.90 Å². The zero-order valence-electron chi connectivity index (χ0n) is 26.0. The number of esters is 1. The van der Waals surface area contributed by atoms with Crippen LogP contribution >= 0.6 is 34.5 Å². The number of hydrogen-bond donors (Lipinski definition) is 0. The largest absolute Gasteiger partial charge is 0.460 e. The number of carbonyl (C=O) groups is 2. The number of amides is 1. The summed E-state index contributed by atoms with van der Waals surface area (Å²) in [4.78, 5) is 29.9. The first-order valence-electron chi connectivity index (χ1n) is 15.2. The molecule has 1 amide bonds. The molecule has 2 heterocycles. The molecule has 2 aromatic carbocycles. The van der Waals surface area contributed by atoms with Gasteiger partial charge in [-0.05, 0) is 82.0 Å². The van der Waals surface area contributed by atoms with Gasteiger partial charge in [-0.15, -0.1) is 11.3 Å². The van der Waals surface area contributed by atoms with Crippen LogP contribution in [0.4, 0.5) is 10.1 Å². The van der Waals surface area contributed by atoms with E-state index in [-0.39, 0.29) is 18.7 Å². The number of sulfonamides is 1. The molecule has 248 valence electrons. The van der Waals surface area contributed by atoms with Crippen molar-refractivity contribution in [3.63, 3.8) is 0 Å². The van der Waals surface area contributed by atoms with Crippen LogP contribution in [0.2, 0.25) is 9.36 Å². The highest BCUT2D eigenvalue weighted by atomic mass is 35.5. The molecule has 2 fully saturated rings. The van der Waals surface area contributed by atoms with E-state index in [0.717, 1.165) is 4.31 Å². The second kappa shape index (κ2) is 13.8. The van der Waals surface area contributed by atoms with E-state index in [1.165, 1.54) is 29.5 Å². The number of hydrogen-bond acceptors (Lipinski definition) is 7. The first-order chi connectivity index (χ1) is 21.7. The van der Waals surface area contributed by atoms with Crippen molar-refractivity contribution in [1.82, 2.24) is 4.90 Å². The Morgan fingerprint density at radius 2 is 1.85 bits per heavy atom. The Balaban J connectivity index is 1.63. The van der Waals surface area contributed by atoms with Gasteiger partial charge < -0.3 is 14.4 Å². The molecule has 0 spiro atoms. The van der Waals surface area contributed by atoms with Gasteiger partial charge >= 0.3 is 5.97 Å². The highest BCUT2D eigenvalue weighted by Crippen LogP contribution is 2.47. The summed E-state index contributed by atoms with van der Waals surface area (Å²) in [5, 5.41) is -0.180. The van der Waals surface area contributed by atoms with Gasteiger partial charge in [-0.3, -0.25) is 13.9 Å². The SMILES string of the molecule is CC[C@@H](CN(c1ccccc1F)S(=O)(=O)C1CC1)N1C(=O)[C@H](CC(=O)OC(C)(C)C)O[C@H](c2cccc(Cl)c2)[C@H]1c1ccc(Cl)s1. The van der Waals surface area contributed by atoms with Crippen LogP contribution in [0.15, 0.2) is 60.7 Å². The molecule has 1 aliphatic heterocycles. The fraction of sp³-hybridized carbons (Fsp3) is 0.455. The smallest absolute Gasteiger partial charge is 0.309 e. The van der Waals surface area contributed by atoms with Crippen molar-refractivity contribution in [3.05, 3.63) is 86.3 Å². The third-order valence-electron chi connectivity index (χ3n) is 7.88. The minimum Gasteiger partial charge on any atom is -0.460 e. The molecule has 5 rings (SSSR count). The highest BCUT2D eigenvalue weighted by Gasteiger charge is 2.50. The van der Waals surface area contributed by atoms with Gasteiger partial charge in [-0.25, -0.2) is 12.8 Å². The van der Waals surface area contributed by atoms with Gasteiger partial charge in [0.15, 0.2) is 0 Å². The third-order valence-corrected chi connectivity index (χ3v) is 11.7. The number of carbonyl (C=O) groups excluding carboxylic acids is 2. The van der Waals surface area contributed by atoms with Gasteiger partial charge in [0.25, 0.3) is 5.91 Å². The Morgan fingerprint density at radius 1 is 1.13 bits per heavy atom. The molecular weight excluding hydrogens is 674 g/mol. The Morgan fingerprint density at radius 3 is 2.43 bits per heavy atom. The van der Waals surface area contributed by atoms with Gasteiger partial charge in [-0.1, -0.05) is 54.4 Å². The number of morpholine rings is 1. The molecule has 46 heavy (non-hydrogen) atoms. The normalized spacial score (nSPS) is 21.2. The monoisotopic (exact) mass is 710 g/mol. The molecule has 3 aromatic rings. The lowest BCUT2D eigenvalue weighted by molar-refractivity contribution is -0.186. The lowest BCUT2D eigenvalue weighted by Gasteiger charge is -2.48. The molecule has 2 aliphatic rings. The summed E-state index contributed by atoms with van der Waals surface area (Å²) >= 11 is 14.1. The van der Waals surface area contributed by atoms with Crippen LogP contribution < -0.4 is 4.31 Å². The van der Waals surface area contributed by atoms with Crippen molar-refractivity contribution in [3.8, 4) is 0 Å². The summed E-state index contributed by atoms with van der Waals surface area (Å²) in [5.41, 5.74) is -0.221. The third kappa shape index (κ3) is 7.71. The number of thiophene rings is 1. The molecule has 1 saturated heterocycles. The number of ether oxygens (including phenoxy) is 2. The van der Waals surface area contributed by atoms with Crippen LogP contribution in [-0.4, -0.2) is 54.7 Å². The van der Waals surface area contributed by atoms with Gasteiger partial charge in [0.05, 0.1) is 40.3 Å². The van der Waals surface area contributed by atoms with Crippen molar-refractivity contribution in [1.29, 1.82) is 0 Å². The van der Waals surface area contributed by atoms with E-state index in [1.807, 2.05) is 13.0 Å². The van der Waals surface area contributed by atoms with E-state index in [2.05, 4.69) is 0 Å². The summed E-state index contributed by atoms with van der Waals surface area (Å²) in [6.07, 6.45) is -1.16. The van der Waals surface area contributed by atoms with Crippen molar-refractivity contribution in [2.24, 2.45) is 0 Å². The molecule has 0 bridgehead atoms. The zero-order valence-corrected chi connectivity index (χ0v) is 29.1. The van der Waals surface area contributed by atoms with Crippen molar-refractivity contribution >= 4 is 62.1 Å². The summed E-state index contributed by atoms with van der Waals surface area (Å²) in [7, 11) is -3.95. The molecule has 0 radical (unpaired) electrons. The van der Waals surface area contributed by atoms with Crippen LogP contribution in [-0.2, 0) is 29.1 Å². The number of halogens is 3. The predicted octanol–water partition coefficient (Wildman–Crippen LogP) is 7.71. The Kier molecular flexibility index (Phi) is 10.4. The summed E-state index contributed by atoms with van der Waals surface area (Å²) < 4.78 is 56.5. The first kappa shape index (κ1) is 34.6. The number of anilines is 1. The molecule has 0 N–H and O–H groups in total. The van der Waals surface area contributed by atoms with E-state index in [4.69, 9.17) is 32.7 Å². The van der Waals surface area contributed by atoms with Crippen molar-refractivity contribution in [2.45, 2.75) is 88.5 Å². The number of para-hydroxylation sites is 1. The zero-order chi connectivity index (χ0) is 33.4. The average molecular weight is 712 g/mol. The van der Waals surface area contributed by atoms with Crippen LogP contribution in [0.3, 0.4) is 0 Å². The van der Waals surface area contributed by atoms with E-state index < -0.39 is 62.9 Å². The minimum atomic E-state index is -3.95. The van der Waals surface area contributed by atoms with Crippen LogP contribution in [0.25, 0.3) is 0 Å². The number of benzene rings is 2. The van der Waals surface area contributed by atoms with Crippen molar-refractivity contribution in [2.75, 3.05) is 10.8 Å². The second-order valence-corrected chi connectivity index (χ2v) is 16.8. The van der Waals surface area contributed by atoms with Crippen LogP contribution in [0, 0.1) is 5.82 Å². The van der Waals surface area contributed by atoms with E-state index in [1.54, 1.807) is 62.1 Å². The van der Waals surface area contributed by atoms with Crippen LogP contribution in [0.1, 0.15) is 76.0 Å². The maximum absolute atomic E-state index is 15.2. The molecule has 0 unspecified atom stereocenters. The Bertz CT molecular complexity index is 1690. The molecule has 4 atom stereocenters. The van der Waals surface area contributed by atoms with Crippen molar-refractivity contribution < 1.29 is 31.9 Å². The Labute approximate surface area is 283 Å². The molecule has 8 nitrogen and oxygen atoms in total. The molecule has 1 aromatic heterocycles. The fourth-order valence-electron chi connectivity index (χ4n) is 5.70. The summed E-state index contributed by atoms with van der Waals surface area (Å²) in [5.74, 6) is -1.82. The molecule has 1 aliphatic carbocycles. The predicted molar refractivity (Wildman–Crippen MR) is 178 cm³/mol. The maximum Gasteiger partial charge on any atom is 0.309 e.